The lowest BCUT2D eigenvalue weighted by Crippen LogP contribution is -2.56. The van der Waals surface area contributed by atoms with Crippen molar-refractivity contribution in [1.29, 1.82) is 0 Å². The van der Waals surface area contributed by atoms with E-state index >= 15 is 0 Å². The second-order valence-electron chi connectivity index (χ2n) is 15.1. The Morgan fingerprint density at radius 3 is 2.03 bits per heavy atom. The zero-order valence-electron chi connectivity index (χ0n) is 33.6. The van der Waals surface area contributed by atoms with Crippen molar-refractivity contribution < 1.29 is 32.7 Å². The highest BCUT2D eigenvalue weighted by Crippen LogP contribution is 2.28. The number of carbonyl (C=O) groups is 3. The third-order valence-corrected chi connectivity index (χ3v) is 11.0. The number of hydrogen-bond donors (Lipinski definition) is 1. The number of halogens is 3. The van der Waals surface area contributed by atoms with Gasteiger partial charge in [-0.25, -0.2) is 0 Å². The van der Waals surface area contributed by atoms with Gasteiger partial charge in [0.1, 0.15) is 11.7 Å². The molecule has 1 N–H and O–H groups in total. The Hall–Kier alpha value is -5.73. The van der Waals surface area contributed by atoms with Gasteiger partial charge in [-0.1, -0.05) is 60.7 Å². The molecule has 0 spiro atoms. The van der Waals surface area contributed by atoms with Gasteiger partial charge < -0.3 is 29.6 Å². The van der Waals surface area contributed by atoms with Crippen LogP contribution in [0.3, 0.4) is 0 Å². The molecule has 0 saturated carbocycles. The van der Waals surface area contributed by atoms with E-state index in [0.29, 0.717) is 64.5 Å². The van der Waals surface area contributed by atoms with E-state index in [9.17, 15) is 32.7 Å². The molecular formula is C45H52F3N7O4. The van der Waals surface area contributed by atoms with Crippen LogP contribution in [0.1, 0.15) is 34.9 Å². The number of anilines is 2. The van der Waals surface area contributed by atoms with Gasteiger partial charge in [0.05, 0.1) is 6.61 Å². The van der Waals surface area contributed by atoms with E-state index in [0.717, 1.165) is 46.9 Å². The molecule has 3 heterocycles. The average molecular weight is 812 g/mol. The molecular weight excluding hydrogens is 760 g/mol. The second-order valence-corrected chi connectivity index (χ2v) is 15.1. The van der Waals surface area contributed by atoms with Crippen LogP contribution in [0, 0.1) is 0 Å². The first-order valence-corrected chi connectivity index (χ1v) is 20.0. The van der Waals surface area contributed by atoms with E-state index in [1.54, 1.807) is 11.8 Å². The summed E-state index contributed by atoms with van der Waals surface area (Å²) in [6.07, 6.45) is -0.540. The zero-order valence-corrected chi connectivity index (χ0v) is 33.6. The topological polar surface area (TPSA) is 104 Å². The molecule has 59 heavy (non-hydrogen) atoms. The Morgan fingerprint density at radius 2 is 1.44 bits per heavy atom. The van der Waals surface area contributed by atoms with Crippen LogP contribution in [0.25, 0.3) is 6.08 Å². The van der Waals surface area contributed by atoms with Crippen molar-refractivity contribution in [2.75, 3.05) is 82.4 Å². The first-order chi connectivity index (χ1) is 28.4. The smallest absolute Gasteiger partial charge is 0.395 e. The molecule has 6 rings (SSSR count). The summed E-state index contributed by atoms with van der Waals surface area (Å²) in [6, 6.07) is 26.9. The summed E-state index contributed by atoms with van der Waals surface area (Å²) < 4.78 is 39.6. The number of carbonyl (C=O) groups excluding carboxylic acids is 3. The summed E-state index contributed by atoms with van der Waals surface area (Å²) in [7, 11) is 1.94. The fourth-order valence-corrected chi connectivity index (χ4v) is 7.46. The maximum atomic E-state index is 14.7. The van der Waals surface area contributed by atoms with Crippen molar-refractivity contribution in [2.24, 2.45) is 0 Å². The minimum absolute atomic E-state index is 0.0557. The molecule has 14 heteroatoms. The number of aliphatic hydroxyl groups is 1. The van der Waals surface area contributed by atoms with Gasteiger partial charge in [0.15, 0.2) is 0 Å². The van der Waals surface area contributed by atoms with Crippen LogP contribution in [0.2, 0.25) is 0 Å². The minimum Gasteiger partial charge on any atom is -0.395 e. The number of piperazine rings is 2. The van der Waals surface area contributed by atoms with Gasteiger partial charge in [0, 0.05) is 116 Å². The molecule has 1 unspecified atom stereocenters. The lowest BCUT2D eigenvalue weighted by Gasteiger charge is -2.39. The highest BCUT2D eigenvalue weighted by atomic mass is 19.4. The Balaban J connectivity index is 1.22. The number of nitrogens with zero attached hydrogens (tertiary/aromatic N) is 7. The maximum Gasteiger partial charge on any atom is 0.433 e. The van der Waals surface area contributed by atoms with Gasteiger partial charge in [-0.3, -0.25) is 24.3 Å². The summed E-state index contributed by atoms with van der Waals surface area (Å²) in [5.74, 6) is -0.585. The third-order valence-electron chi connectivity index (χ3n) is 11.0. The first-order valence-electron chi connectivity index (χ1n) is 20.0. The highest BCUT2D eigenvalue weighted by Gasteiger charge is 2.35. The summed E-state index contributed by atoms with van der Waals surface area (Å²) in [5.41, 5.74) is 4.13. The maximum absolute atomic E-state index is 14.7. The quantitative estimate of drug-likeness (QED) is 0.174. The monoisotopic (exact) mass is 811 g/mol. The van der Waals surface area contributed by atoms with Crippen LogP contribution in [-0.4, -0.2) is 126 Å². The first kappa shape index (κ1) is 42.9. The Morgan fingerprint density at radius 1 is 0.797 bits per heavy atom. The summed E-state index contributed by atoms with van der Waals surface area (Å²) in [5, 5.41) is 9.29. The largest absolute Gasteiger partial charge is 0.433 e. The van der Waals surface area contributed by atoms with E-state index in [2.05, 4.69) is 26.9 Å². The number of likely N-dealkylation sites (N-methyl/N-ethyl adjacent to an activating group) is 1. The number of aliphatic hydroxyl groups excluding tert-OH is 1. The SMILES string of the molecule is CC(=O)N1CCN(c2ccc(CN(C(=O)C=Cc3ccc(C(F)(F)F)nc3)C(Cc3ccccc3)C(=O)N3CCN(Cc4ccc(N(C)CCO)cc4)CC3)cc2)CC1. The number of benzene rings is 3. The number of hydrogen-bond acceptors (Lipinski definition) is 8. The van der Waals surface area contributed by atoms with Crippen LogP contribution in [-0.2, 0) is 40.1 Å². The molecule has 312 valence electrons. The van der Waals surface area contributed by atoms with E-state index < -0.39 is 23.8 Å². The van der Waals surface area contributed by atoms with Crippen LogP contribution in [0.15, 0.2) is 103 Å². The van der Waals surface area contributed by atoms with Crippen molar-refractivity contribution in [3.05, 3.63) is 131 Å². The van der Waals surface area contributed by atoms with Gasteiger partial charge in [-0.05, 0) is 58.7 Å². The molecule has 2 aliphatic heterocycles. The molecule has 3 aromatic carbocycles. The number of amides is 3. The Kier molecular flexibility index (Phi) is 14.4. The molecule has 2 fully saturated rings. The van der Waals surface area contributed by atoms with E-state index in [1.165, 1.54) is 18.2 Å². The normalized spacial score (nSPS) is 15.7. The van der Waals surface area contributed by atoms with Crippen molar-refractivity contribution in [3.8, 4) is 0 Å². The zero-order chi connectivity index (χ0) is 41.9. The van der Waals surface area contributed by atoms with Gasteiger partial charge in [-0.15, -0.1) is 0 Å². The predicted octanol–water partition coefficient (Wildman–Crippen LogP) is 5.20. The van der Waals surface area contributed by atoms with E-state index in [4.69, 9.17) is 0 Å². The van der Waals surface area contributed by atoms with Crippen LogP contribution < -0.4 is 9.80 Å². The summed E-state index contributed by atoms with van der Waals surface area (Å²) in [4.78, 5) is 56.1. The molecule has 4 aromatic rings. The van der Waals surface area contributed by atoms with Gasteiger partial charge in [0.25, 0.3) is 0 Å². The highest BCUT2D eigenvalue weighted by molar-refractivity contribution is 5.95. The third kappa shape index (κ3) is 11.7. The van der Waals surface area contributed by atoms with Crippen molar-refractivity contribution in [3.63, 3.8) is 0 Å². The standard InChI is InChI=1S/C45H52F3N7O4/c1-34(57)52-24-26-53(27-25-52)40-16-10-38(11-17-40)33-55(43(58)19-13-36-12-18-42(49-31-36)45(46,47)48)41(30-35-6-4-3-5-7-35)44(59)54-22-20-51(21-23-54)32-37-8-14-39(15-9-37)50(2)28-29-56/h3-19,31,41,56H,20-30,32-33H2,1-2H3. The second kappa shape index (κ2) is 19.8. The Labute approximate surface area is 343 Å². The van der Waals surface area contributed by atoms with Crippen molar-refractivity contribution in [1.82, 2.24) is 24.6 Å². The van der Waals surface area contributed by atoms with Crippen LogP contribution in [0.4, 0.5) is 24.5 Å². The molecule has 3 amide bonds. The number of pyridine rings is 1. The number of aromatic nitrogens is 1. The summed E-state index contributed by atoms with van der Waals surface area (Å²) >= 11 is 0. The average Bonchev–Trinajstić information content (AvgIpc) is 3.25. The summed E-state index contributed by atoms with van der Waals surface area (Å²) in [6.45, 7) is 7.93. The molecule has 0 radical (unpaired) electrons. The van der Waals surface area contributed by atoms with Gasteiger partial charge in [0.2, 0.25) is 17.7 Å². The van der Waals surface area contributed by atoms with Gasteiger partial charge >= 0.3 is 6.18 Å². The number of alkyl halides is 3. The fraction of sp³-hybridized carbons (Fsp3) is 0.378. The fourth-order valence-electron chi connectivity index (χ4n) is 7.46. The molecule has 0 bridgehead atoms. The number of rotatable bonds is 14. The molecule has 2 saturated heterocycles. The lowest BCUT2D eigenvalue weighted by molar-refractivity contribution is -0.145. The van der Waals surface area contributed by atoms with E-state index in [1.807, 2.05) is 88.5 Å². The molecule has 1 atom stereocenters. The lowest BCUT2D eigenvalue weighted by atomic mass is 10.0. The van der Waals surface area contributed by atoms with Gasteiger partial charge in [-0.2, -0.15) is 13.2 Å². The van der Waals surface area contributed by atoms with Crippen molar-refractivity contribution in [2.45, 2.75) is 38.7 Å². The molecule has 11 nitrogen and oxygen atoms in total. The predicted molar refractivity (Wildman–Crippen MR) is 222 cm³/mol. The molecule has 1 aromatic heterocycles. The van der Waals surface area contributed by atoms with Crippen molar-refractivity contribution >= 4 is 35.2 Å². The Bertz CT molecular complexity index is 2010. The molecule has 2 aliphatic rings. The van der Waals surface area contributed by atoms with Crippen LogP contribution in [0.5, 0.6) is 0 Å². The van der Waals surface area contributed by atoms with Crippen LogP contribution >= 0.6 is 0 Å². The minimum atomic E-state index is -4.59. The molecule has 0 aliphatic carbocycles. The van der Waals surface area contributed by atoms with E-state index in [-0.39, 0.29) is 31.4 Å².